The normalized spacial score (nSPS) is 21.0. The van der Waals surface area contributed by atoms with Crippen LogP contribution in [0.15, 0.2) is 168 Å². The third kappa shape index (κ3) is 25.2. The number of halogens is 19. The summed E-state index contributed by atoms with van der Waals surface area (Å²) in [6.07, 6.45) is 16.7. The molecule has 1 aliphatic heterocycles. The Morgan fingerprint density at radius 2 is 0.686 bits per heavy atom. The SMILES string of the molecule is CC(F)(F)COC(=O)C12CC3CC(CC(C3)C1)C2.CC(F)(F)COC(=O)C12CC3CC(CC(C3)C1)C2.CCC(CC)CC.F.Fc1ccc(-[s+]2c3ccc(I)cc3c3cc(I)ccc32)cc1.Fc1ccc(-[s+]2c3ccc(I)cc3c3cc(I)ccc32)cc1.O=S(=O)(OS(=O)(=O)C(F)(F)F)C(F)(F)F.O=S1c2ccc(I)cc2-c2cc(I)ccc21.[3H][O-].[CH3-]. The number of carbonyl (C=O) groups is 2. The highest BCUT2D eigenvalue weighted by Crippen LogP contribution is 2.62. The van der Waals surface area contributed by atoms with Gasteiger partial charge in [-0.15, -0.1) is 5.06 Å². The molecule has 8 saturated carbocycles. The molecule has 0 amide bonds. The molecular weight excluding hydrogens is 2380 g/mol. The maximum absolute atomic E-state index is 13.3. The largest absolute Gasteiger partial charge is 0.870 e. The van der Waals surface area contributed by atoms with E-state index in [9.17, 15) is 83.3 Å². The average molecular weight is 2470 g/mol. The van der Waals surface area contributed by atoms with Gasteiger partial charge in [-0.3, -0.25) is 14.3 Å². The Labute approximate surface area is 786 Å². The van der Waals surface area contributed by atoms with Crippen molar-refractivity contribution in [2.24, 2.45) is 52.3 Å². The minimum Gasteiger partial charge on any atom is -0.870 e. The quantitative estimate of drug-likeness (QED) is 0.0268. The van der Waals surface area contributed by atoms with Gasteiger partial charge in [-0.2, -0.15) is 43.2 Å². The molecule has 0 saturated heterocycles. The lowest BCUT2D eigenvalue weighted by Gasteiger charge is -2.55. The lowest BCUT2D eigenvalue weighted by molar-refractivity contribution is -0.180. The fourth-order valence-electron chi connectivity index (χ4n) is 17.8. The molecule has 0 atom stereocenters. The summed E-state index contributed by atoms with van der Waals surface area (Å²) in [6, 6.07) is 52.5. The van der Waals surface area contributed by atoms with Crippen LogP contribution >= 0.6 is 156 Å². The molecule has 11 nitrogen and oxygen atoms in total. The summed E-state index contributed by atoms with van der Waals surface area (Å²) in [5.41, 5.74) is -3.60. The van der Waals surface area contributed by atoms with Gasteiger partial charge in [-0.1, -0.05) is 40.0 Å². The van der Waals surface area contributed by atoms with Gasteiger partial charge in [0.2, 0.25) is 0 Å². The third-order valence-electron chi connectivity index (χ3n) is 22.2. The first-order valence-electron chi connectivity index (χ1n) is 38.3. The van der Waals surface area contributed by atoms with Crippen LogP contribution in [0.4, 0.5) is 57.4 Å². The highest BCUT2D eigenvalue weighted by atomic mass is 127. The van der Waals surface area contributed by atoms with E-state index in [0.717, 1.165) is 79.2 Å². The molecule has 19 rings (SSSR count). The number of carbonyl (C=O) groups excluding carboxylic acids is 2. The maximum Gasteiger partial charge on any atom is 0.524 e. The van der Waals surface area contributed by atoms with Gasteiger partial charge in [0.05, 0.1) is 31.4 Å². The van der Waals surface area contributed by atoms with Crippen molar-refractivity contribution in [1.82, 2.24) is 0 Å². The lowest BCUT2D eigenvalue weighted by Crippen LogP contribution is -2.51. The van der Waals surface area contributed by atoms with E-state index < -0.39 is 77.9 Å². The van der Waals surface area contributed by atoms with Gasteiger partial charge in [0.1, 0.15) is 11.6 Å². The fraction of sp³-hybridized carbons (Fsp3) is 0.407. The molecule has 10 aromatic rings. The summed E-state index contributed by atoms with van der Waals surface area (Å²) in [4.78, 5) is 28.6. The Morgan fingerprint density at radius 1 is 0.446 bits per heavy atom. The number of fused-ring (bicyclic) bond motifs is 9. The van der Waals surface area contributed by atoms with Crippen LogP contribution < -0.4 is 0 Å². The standard InChI is InChI=1S/2C18H10FI2S.2C14H20F2O2.C12H6I2OS.C7H16.C2F6O5S2.CH3.FH.H2O/c2*19-11-1-5-14(6-2-11)22-17-7-3-12(20)9-15(17)16-10-13(21)4-8-18(16)22;2*1-13(15,16)8-18-12(17)14-5-9-2-10(6-14)4-11(3-9)7-14;13-7-1-3-11-9(5-7)10-6-8(14)2-4-12(10)16(11)15;1-4-7(5-2)6-3;3-1(4,5)14(9,10)13-15(11,12)2(6,7)8;;;/h2*1-10H;2*9-11H,2-8H2,1H3;1-6H;7H,4-6H2,1-3H3;;1H3;1H;1H2/q2*+1;;;;;;-1;;/p-1/i/hT. The number of rotatable bonds is 13. The van der Waals surface area contributed by atoms with E-state index in [1.807, 2.05) is 52.2 Å². The number of hydrogen-bond donors (Lipinski definition) is 0. The predicted octanol–water partition coefficient (Wildman–Crippen LogP) is 29.0. The molecule has 8 aliphatic carbocycles. The fourth-order valence-corrected chi connectivity index (χ4v) is 28.3. The van der Waals surface area contributed by atoms with E-state index in [2.05, 4.69) is 243 Å². The summed E-state index contributed by atoms with van der Waals surface area (Å²) in [6.45, 7) is 6.83. The molecule has 121 heavy (non-hydrogen) atoms. The predicted molar refractivity (Wildman–Crippen MR) is 504 cm³/mol. The average Bonchev–Trinajstić information content (AvgIpc) is 1.28. The Kier molecular flexibility index (Phi) is 35.2. The number of benzene rings is 8. The Bertz CT molecular complexity index is 5080. The molecule has 0 unspecified atom stereocenters. The second-order valence-electron chi connectivity index (χ2n) is 31.3. The maximum atomic E-state index is 13.3. The van der Waals surface area contributed by atoms with Crippen molar-refractivity contribution in [2.45, 2.75) is 164 Å². The second-order valence-corrected chi connectivity index (χ2v) is 47.4. The van der Waals surface area contributed by atoms with Crippen LogP contribution in [-0.2, 0) is 53.7 Å². The summed E-state index contributed by atoms with van der Waals surface area (Å²) >= 11 is 14.0. The smallest absolute Gasteiger partial charge is 0.524 e. The first kappa shape index (κ1) is 101. The molecule has 8 aromatic carbocycles. The van der Waals surface area contributed by atoms with Crippen LogP contribution in [0.3, 0.4) is 0 Å². The van der Waals surface area contributed by atoms with Crippen molar-refractivity contribution < 1.29 is 108 Å². The van der Waals surface area contributed by atoms with Crippen molar-refractivity contribution in [3.63, 3.8) is 0 Å². The molecular formula is C86H87F13I6O11S5. The summed E-state index contributed by atoms with van der Waals surface area (Å²) < 4.78 is 227. The summed E-state index contributed by atoms with van der Waals surface area (Å²) in [7, 11) is -15.0. The van der Waals surface area contributed by atoms with Gasteiger partial charge >= 0.3 is 43.2 Å². The zero-order valence-corrected chi connectivity index (χ0v) is 82.8. The van der Waals surface area contributed by atoms with E-state index in [4.69, 9.17) is 15.0 Å². The molecule has 2 aromatic heterocycles. The van der Waals surface area contributed by atoms with Crippen LogP contribution in [0.25, 0.3) is 61.3 Å². The van der Waals surface area contributed by atoms with Crippen LogP contribution in [0.2, 0.25) is 0 Å². The van der Waals surface area contributed by atoms with Crippen molar-refractivity contribution >= 4 is 240 Å². The van der Waals surface area contributed by atoms with Crippen LogP contribution in [0, 0.1) is 92.7 Å². The van der Waals surface area contributed by atoms with Gasteiger partial charge < -0.3 is 22.4 Å². The molecule has 1 N–H and O–H groups in total. The number of alkyl halides is 10. The topological polar surface area (TPSA) is 177 Å². The molecule has 35 heteroatoms. The third-order valence-corrected chi connectivity index (χ3v) is 35.0. The molecule has 8 bridgehead atoms. The molecule has 9 aliphatic rings. The molecule has 0 spiro atoms. The highest BCUT2D eigenvalue weighted by Gasteiger charge is 2.59. The summed E-state index contributed by atoms with van der Waals surface area (Å²) in [5, 5.41) is 5.25. The Morgan fingerprint density at radius 3 is 0.909 bits per heavy atom. The lowest BCUT2D eigenvalue weighted by atomic mass is 9.49. The molecule has 3 heterocycles. The van der Waals surface area contributed by atoms with Crippen molar-refractivity contribution in [3.05, 3.63) is 198 Å². The van der Waals surface area contributed by atoms with Gasteiger partial charge in [0.15, 0.2) is 41.8 Å². The highest BCUT2D eigenvalue weighted by molar-refractivity contribution is 14.1. The van der Waals surface area contributed by atoms with Crippen LogP contribution in [0.1, 0.15) is 132 Å². The Hall–Kier alpha value is -3.42. The van der Waals surface area contributed by atoms with Gasteiger partial charge in [-0.05, 0) is 387 Å². The first-order valence-corrected chi connectivity index (χ1v) is 50.7. The van der Waals surface area contributed by atoms with E-state index in [1.165, 1.54) is 129 Å². The minimum absolute atomic E-state index is 0. The van der Waals surface area contributed by atoms with E-state index in [-0.39, 0.29) is 56.6 Å². The first-order chi connectivity index (χ1) is 56.2. The van der Waals surface area contributed by atoms with Crippen LogP contribution in [-0.4, -0.2) is 74.5 Å². The van der Waals surface area contributed by atoms with Gasteiger partial charge in [0, 0.05) is 113 Å². The zero-order valence-electron chi connectivity index (χ0n) is 66.8. The molecule has 8 fully saturated rings. The van der Waals surface area contributed by atoms with Crippen molar-refractivity contribution in [1.29, 1.82) is 0 Å². The van der Waals surface area contributed by atoms with Gasteiger partial charge in [0.25, 0.3) is 11.8 Å². The number of thiophene rings is 2. The van der Waals surface area contributed by atoms with E-state index in [1.54, 1.807) is 24.3 Å². The number of hydrogen-bond acceptors (Lipinski definition) is 11. The van der Waals surface area contributed by atoms with E-state index in [0.29, 0.717) is 35.5 Å². The molecule has 660 valence electrons. The summed E-state index contributed by atoms with van der Waals surface area (Å²) in [5.74, 6) is -2.15. The number of ether oxygens (including phenoxy) is 2. The monoisotopic (exact) mass is 2470 g/mol. The second kappa shape index (κ2) is 42.0. The number of esters is 2. The van der Waals surface area contributed by atoms with Crippen molar-refractivity contribution in [3.8, 4) is 20.9 Å². The van der Waals surface area contributed by atoms with E-state index >= 15 is 0 Å². The molecule has 0 radical (unpaired) electrons. The zero-order chi connectivity index (χ0) is 88.2. The Balaban J connectivity index is 0.000000179. The van der Waals surface area contributed by atoms with Crippen molar-refractivity contribution in [2.75, 3.05) is 13.2 Å². The van der Waals surface area contributed by atoms with Crippen LogP contribution in [0.5, 0.6) is 0 Å². The van der Waals surface area contributed by atoms with Gasteiger partial charge in [-0.25, -0.2) is 30.6 Å². The minimum atomic E-state index is -6.85.